The van der Waals surface area contributed by atoms with Crippen LogP contribution in [0.4, 0.5) is 0 Å². The van der Waals surface area contributed by atoms with E-state index in [1.807, 2.05) is 0 Å². The molecule has 0 amide bonds. The quantitative estimate of drug-likeness (QED) is 0.845. The summed E-state index contributed by atoms with van der Waals surface area (Å²) in [6, 6.07) is 8.92. The van der Waals surface area contributed by atoms with Crippen molar-refractivity contribution < 1.29 is 4.74 Å². The second kappa shape index (κ2) is 3.89. The van der Waals surface area contributed by atoms with Gasteiger partial charge in [0.05, 0.1) is 18.2 Å². The fraction of sp³-hybridized carbons (Fsp3) is 0.500. The summed E-state index contributed by atoms with van der Waals surface area (Å²) < 4.78 is 7.05. The fourth-order valence-corrected chi connectivity index (χ4v) is 2.79. The van der Waals surface area contributed by atoms with Gasteiger partial charge in [-0.25, -0.2) is 0 Å². The minimum atomic E-state index is 0.380. The Labute approximate surface area is 98.1 Å². The number of ether oxygens (including phenoxy) is 1. The van der Waals surface area contributed by atoms with Crippen molar-refractivity contribution in [1.82, 2.24) is 5.32 Å². The average molecular weight is 268 g/mol. The molecule has 2 aliphatic heterocycles. The maximum Gasteiger partial charge on any atom is 0.0775 e. The lowest BCUT2D eigenvalue weighted by Gasteiger charge is -2.31. The Morgan fingerprint density at radius 2 is 2.00 bits per heavy atom. The average Bonchev–Trinajstić information content (AvgIpc) is 2.63. The van der Waals surface area contributed by atoms with Gasteiger partial charge in [-0.05, 0) is 30.5 Å². The molecular formula is C12H14BrNO. The normalized spacial score (nSPS) is 34.3. The summed E-state index contributed by atoms with van der Waals surface area (Å²) in [4.78, 5) is 0. The SMILES string of the molecule is Brc1ccc([C@H]2NC[C@H]3CC[C@@H]2O3)cc1. The van der Waals surface area contributed by atoms with E-state index >= 15 is 0 Å². The second-order valence-electron chi connectivity index (χ2n) is 4.31. The van der Waals surface area contributed by atoms with Crippen molar-refractivity contribution in [2.75, 3.05) is 6.54 Å². The smallest absolute Gasteiger partial charge is 0.0775 e. The third kappa shape index (κ3) is 1.84. The van der Waals surface area contributed by atoms with Crippen molar-refractivity contribution in [1.29, 1.82) is 0 Å². The van der Waals surface area contributed by atoms with Crippen LogP contribution in [0.5, 0.6) is 0 Å². The Bertz CT molecular complexity index is 351. The van der Waals surface area contributed by atoms with Crippen LogP contribution in [0.15, 0.2) is 28.7 Å². The molecule has 0 saturated carbocycles. The van der Waals surface area contributed by atoms with Crippen molar-refractivity contribution in [3.05, 3.63) is 34.3 Å². The maximum absolute atomic E-state index is 5.92. The van der Waals surface area contributed by atoms with Gasteiger partial charge in [-0.3, -0.25) is 0 Å². The van der Waals surface area contributed by atoms with Gasteiger partial charge in [-0.2, -0.15) is 0 Å². The molecule has 1 N–H and O–H groups in total. The molecule has 0 aliphatic carbocycles. The summed E-state index contributed by atoms with van der Waals surface area (Å²) in [6.07, 6.45) is 3.25. The van der Waals surface area contributed by atoms with Gasteiger partial charge < -0.3 is 10.1 Å². The van der Waals surface area contributed by atoms with Gasteiger partial charge in [0.1, 0.15) is 0 Å². The number of rotatable bonds is 1. The number of nitrogens with one attached hydrogen (secondary N) is 1. The highest BCUT2D eigenvalue weighted by Crippen LogP contribution is 2.34. The molecule has 15 heavy (non-hydrogen) atoms. The first kappa shape index (κ1) is 9.82. The standard InChI is InChI=1S/C12H14BrNO/c13-9-3-1-8(2-4-9)12-11-6-5-10(15-11)7-14-12/h1-4,10-12,14H,5-7H2/t10-,11+,12-/m1/s1. The van der Waals surface area contributed by atoms with Crippen LogP contribution >= 0.6 is 15.9 Å². The first-order valence-corrected chi connectivity index (χ1v) is 6.26. The number of benzene rings is 1. The van der Waals surface area contributed by atoms with Crippen molar-refractivity contribution >= 4 is 15.9 Å². The number of fused-ring (bicyclic) bond motifs is 2. The van der Waals surface area contributed by atoms with E-state index in [1.165, 1.54) is 18.4 Å². The summed E-state index contributed by atoms with van der Waals surface area (Å²) in [5.41, 5.74) is 1.34. The van der Waals surface area contributed by atoms with Crippen LogP contribution < -0.4 is 5.32 Å². The Kier molecular flexibility index (Phi) is 2.54. The molecule has 2 bridgehead atoms. The lowest BCUT2D eigenvalue weighted by molar-refractivity contribution is -0.0111. The predicted octanol–water partition coefficient (Wildman–Crippen LogP) is 2.64. The van der Waals surface area contributed by atoms with Crippen LogP contribution in [-0.2, 0) is 4.74 Å². The van der Waals surface area contributed by atoms with E-state index in [1.54, 1.807) is 0 Å². The van der Waals surface area contributed by atoms with E-state index in [-0.39, 0.29) is 0 Å². The Balaban J connectivity index is 1.84. The second-order valence-corrected chi connectivity index (χ2v) is 5.23. The van der Waals surface area contributed by atoms with Crippen LogP contribution in [0.1, 0.15) is 24.4 Å². The van der Waals surface area contributed by atoms with Crippen LogP contribution in [-0.4, -0.2) is 18.8 Å². The number of hydrogen-bond donors (Lipinski definition) is 1. The summed E-state index contributed by atoms with van der Waals surface area (Å²) in [7, 11) is 0. The maximum atomic E-state index is 5.92. The molecule has 2 nitrogen and oxygen atoms in total. The van der Waals surface area contributed by atoms with E-state index in [0.29, 0.717) is 18.2 Å². The molecule has 2 saturated heterocycles. The van der Waals surface area contributed by atoms with E-state index < -0.39 is 0 Å². The van der Waals surface area contributed by atoms with Crippen molar-refractivity contribution in [2.24, 2.45) is 0 Å². The summed E-state index contributed by atoms with van der Waals surface area (Å²) in [6.45, 7) is 0.997. The highest BCUT2D eigenvalue weighted by Gasteiger charge is 2.36. The van der Waals surface area contributed by atoms with Gasteiger partial charge in [0.15, 0.2) is 0 Å². The summed E-state index contributed by atoms with van der Waals surface area (Å²) in [5, 5.41) is 3.58. The van der Waals surface area contributed by atoms with Crippen LogP contribution in [0, 0.1) is 0 Å². The monoisotopic (exact) mass is 267 g/mol. The minimum absolute atomic E-state index is 0.380. The Morgan fingerprint density at radius 3 is 2.80 bits per heavy atom. The lowest BCUT2D eigenvalue weighted by Crippen LogP contribution is -2.41. The highest BCUT2D eigenvalue weighted by molar-refractivity contribution is 9.10. The Hall–Kier alpha value is -0.380. The predicted molar refractivity (Wildman–Crippen MR) is 62.8 cm³/mol. The van der Waals surface area contributed by atoms with Crippen LogP contribution in [0.3, 0.4) is 0 Å². The zero-order chi connectivity index (χ0) is 10.3. The molecule has 0 unspecified atom stereocenters. The molecule has 2 aliphatic rings. The third-order valence-corrected chi connectivity index (χ3v) is 3.84. The van der Waals surface area contributed by atoms with Gasteiger partial charge in [-0.15, -0.1) is 0 Å². The summed E-state index contributed by atoms with van der Waals surface area (Å²) in [5.74, 6) is 0. The zero-order valence-corrected chi connectivity index (χ0v) is 10.0. The Morgan fingerprint density at radius 1 is 1.20 bits per heavy atom. The third-order valence-electron chi connectivity index (χ3n) is 3.31. The number of hydrogen-bond acceptors (Lipinski definition) is 2. The van der Waals surface area contributed by atoms with Crippen LogP contribution in [0.2, 0.25) is 0 Å². The first-order chi connectivity index (χ1) is 7.33. The van der Waals surface area contributed by atoms with Gasteiger partial charge in [0.2, 0.25) is 0 Å². The van der Waals surface area contributed by atoms with Gasteiger partial charge >= 0.3 is 0 Å². The minimum Gasteiger partial charge on any atom is -0.372 e. The molecule has 1 aromatic carbocycles. The molecule has 3 atom stereocenters. The van der Waals surface area contributed by atoms with E-state index in [4.69, 9.17) is 4.74 Å². The molecule has 1 aromatic rings. The summed E-state index contributed by atoms with van der Waals surface area (Å²) >= 11 is 3.46. The van der Waals surface area contributed by atoms with Gasteiger partial charge in [0, 0.05) is 11.0 Å². The van der Waals surface area contributed by atoms with E-state index in [9.17, 15) is 0 Å². The van der Waals surface area contributed by atoms with Gasteiger partial charge in [0.25, 0.3) is 0 Å². The molecule has 0 spiro atoms. The number of morpholine rings is 1. The lowest BCUT2D eigenvalue weighted by atomic mass is 10.0. The molecule has 80 valence electrons. The molecule has 2 fully saturated rings. The molecule has 0 radical (unpaired) electrons. The first-order valence-electron chi connectivity index (χ1n) is 5.47. The van der Waals surface area contributed by atoms with Crippen molar-refractivity contribution in [3.8, 4) is 0 Å². The molecular weight excluding hydrogens is 254 g/mol. The molecule has 3 rings (SSSR count). The topological polar surface area (TPSA) is 21.3 Å². The van der Waals surface area contributed by atoms with E-state index in [2.05, 4.69) is 45.5 Å². The van der Waals surface area contributed by atoms with Crippen molar-refractivity contribution in [3.63, 3.8) is 0 Å². The molecule has 3 heteroatoms. The molecule has 0 aromatic heterocycles. The molecule has 2 heterocycles. The van der Waals surface area contributed by atoms with Gasteiger partial charge in [-0.1, -0.05) is 28.1 Å². The van der Waals surface area contributed by atoms with Crippen molar-refractivity contribution in [2.45, 2.75) is 31.1 Å². The fourth-order valence-electron chi connectivity index (χ4n) is 2.52. The largest absolute Gasteiger partial charge is 0.372 e. The van der Waals surface area contributed by atoms with E-state index in [0.717, 1.165) is 11.0 Å². The number of halogens is 1. The zero-order valence-electron chi connectivity index (χ0n) is 8.45. The highest BCUT2D eigenvalue weighted by atomic mass is 79.9. The van der Waals surface area contributed by atoms with Crippen LogP contribution in [0.25, 0.3) is 0 Å².